The van der Waals surface area contributed by atoms with Crippen LogP contribution >= 0.6 is 0 Å². The van der Waals surface area contributed by atoms with E-state index in [2.05, 4.69) is 18.7 Å². The lowest BCUT2D eigenvalue weighted by molar-refractivity contribution is -0.117. The van der Waals surface area contributed by atoms with E-state index in [4.69, 9.17) is 0 Å². The van der Waals surface area contributed by atoms with Crippen LogP contribution in [0.1, 0.15) is 39.5 Å². The molecule has 0 aromatic rings. The van der Waals surface area contributed by atoms with Gasteiger partial charge in [0.1, 0.15) is 5.78 Å². The molecular weight excluding hydrogens is 174 g/mol. The van der Waals surface area contributed by atoms with Crippen LogP contribution in [-0.4, -0.2) is 29.8 Å². The highest BCUT2D eigenvalue weighted by atomic mass is 16.1. The van der Waals surface area contributed by atoms with Crippen molar-refractivity contribution < 1.29 is 4.79 Å². The van der Waals surface area contributed by atoms with Crippen molar-refractivity contribution in [3.8, 4) is 0 Å². The average Bonchev–Trinajstić information content (AvgIpc) is 2.72. The van der Waals surface area contributed by atoms with Gasteiger partial charge < -0.3 is 0 Å². The van der Waals surface area contributed by atoms with E-state index in [9.17, 15) is 4.79 Å². The molecule has 0 amide bonds. The predicted molar refractivity (Wildman–Crippen MR) is 57.2 cm³/mol. The maximum absolute atomic E-state index is 11.2. The van der Waals surface area contributed by atoms with Gasteiger partial charge >= 0.3 is 0 Å². The summed E-state index contributed by atoms with van der Waals surface area (Å²) in [5.41, 5.74) is 0. The SMILES string of the molecule is CCC1CCC(N2CCC(=O)C2)C1C. The molecule has 0 aromatic carbocycles. The molecule has 3 unspecified atom stereocenters. The first-order valence-electron chi connectivity index (χ1n) is 5.98. The van der Waals surface area contributed by atoms with Crippen LogP contribution in [0, 0.1) is 11.8 Å². The third-order valence-corrected chi connectivity index (χ3v) is 4.23. The van der Waals surface area contributed by atoms with Crippen molar-refractivity contribution in [3.63, 3.8) is 0 Å². The summed E-state index contributed by atoms with van der Waals surface area (Å²) in [7, 11) is 0. The second-order valence-corrected chi connectivity index (χ2v) is 4.93. The number of hydrogen-bond acceptors (Lipinski definition) is 2. The molecule has 14 heavy (non-hydrogen) atoms. The van der Waals surface area contributed by atoms with Crippen LogP contribution in [0.3, 0.4) is 0 Å². The Bertz CT molecular complexity index is 226. The van der Waals surface area contributed by atoms with E-state index < -0.39 is 0 Å². The lowest BCUT2D eigenvalue weighted by Gasteiger charge is -2.28. The first-order valence-corrected chi connectivity index (χ1v) is 5.98. The van der Waals surface area contributed by atoms with Gasteiger partial charge in [0.2, 0.25) is 0 Å². The number of hydrogen-bond donors (Lipinski definition) is 0. The predicted octanol–water partition coefficient (Wildman–Crippen LogP) is 2.09. The van der Waals surface area contributed by atoms with Crippen LogP contribution < -0.4 is 0 Å². The van der Waals surface area contributed by atoms with Gasteiger partial charge in [-0.15, -0.1) is 0 Å². The molecule has 1 saturated heterocycles. The van der Waals surface area contributed by atoms with Crippen LogP contribution in [0.5, 0.6) is 0 Å². The first kappa shape index (κ1) is 10.2. The average molecular weight is 195 g/mol. The molecule has 0 radical (unpaired) electrons. The second-order valence-electron chi connectivity index (χ2n) is 4.93. The van der Waals surface area contributed by atoms with E-state index in [0.717, 1.165) is 31.3 Å². The quantitative estimate of drug-likeness (QED) is 0.672. The van der Waals surface area contributed by atoms with Crippen LogP contribution in [0.25, 0.3) is 0 Å². The first-order chi connectivity index (χ1) is 6.72. The van der Waals surface area contributed by atoms with Crippen molar-refractivity contribution in [3.05, 3.63) is 0 Å². The number of likely N-dealkylation sites (tertiary alicyclic amines) is 1. The van der Waals surface area contributed by atoms with E-state index in [-0.39, 0.29) is 0 Å². The molecule has 0 bridgehead atoms. The molecule has 0 aromatic heterocycles. The summed E-state index contributed by atoms with van der Waals surface area (Å²) in [5, 5.41) is 0. The zero-order chi connectivity index (χ0) is 10.1. The van der Waals surface area contributed by atoms with E-state index >= 15 is 0 Å². The van der Waals surface area contributed by atoms with Gasteiger partial charge in [-0.05, 0) is 24.7 Å². The maximum atomic E-state index is 11.2. The van der Waals surface area contributed by atoms with Crippen molar-refractivity contribution in [1.29, 1.82) is 0 Å². The van der Waals surface area contributed by atoms with E-state index in [1.165, 1.54) is 19.3 Å². The fourth-order valence-corrected chi connectivity index (χ4v) is 3.25. The molecule has 2 aliphatic rings. The summed E-state index contributed by atoms with van der Waals surface area (Å²) in [4.78, 5) is 13.6. The molecule has 1 heterocycles. The van der Waals surface area contributed by atoms with E-state index in [1.807, 2.05) is 0 Å². The van der Waals surface area contributed by atoms with Gasteiger partial charge in [0.15, 0.2) is 0 Å². The van der Waals surface area contributed by atoms with Crippen molar-refractivity contribution in [2.24, 2.45) is 11.8 Å². The largest absolute Gasteiger partial charge is 0.298 e. The Balaban J connectivity index is 1.96. The standard InChI is InChI=1S/C12H21NO/c1-3-10-4-5-12(9(10)2)13-7-6-11(14)8-13/h9-10,12H,3-8H2,1-2H3. The summed E-state index contributed by atoms with van der Waals surface area (Å²) in [6, 6.07) is 0.700. The fourth-order valence-electron chi connectivity index (χ4n) is 3.25. The van der Waals surface area contributed by atoms with Crippen molar-refractivity contribution >= 4 is 5.78 Å². The van der Waals surface area contributed by atoms with Gasteiger partial charge in [-0.1, -0.05) is 20.3 Å². The minimum atomic E-state index is 0.442. The summed E-state index contributed by atoms with van der Waals surface area (Å²) in [6.07, 6.45) is 4.78. The van der Waals surface area contributed by atoms with Crippen LogP contribution in [0.2, 0.25) is 0 Å². The molecule has 80 valence electrons. The third-order valence-electron chi connectivity index (χ3n) is 4.23. The number of carbonyl (C=O) groups is 1. The molecule has 3 atom stereocenters. The lowest BCUT2D eigenvalue weighted by Crippen LogP contribution is -2.36. The zero-order valence-electron chi connectivity index (χ0n) is 9.33. The van der Waals surface area contributed by atoms with Gasteiger partial charge in [-0.25, -0.2) is 0 Å². The highest BCUT2D eigenvalue weighted by Crippen LogP contribution is 2.37. The molecule has 2 fully saturated rings. The van der Waals surface area contributed by atoms with Crippen LogP contribution in [0.15, 0.2) is 0 Å². The minimum Gasteiger partial charge on any atom is -0.298 e. The summed E-state index contributed by atoms with van der Waals surface area (Å²) >= 11 is 0. The molecule has 2 nitrogen and oxygen atoms in total. The van der Waals surface area contributed by atoms with Crippen LogP contribution in [0.4, 0.5) is 0 Å². The van der Waals surface area contributed by atoms with Crippen molar-refractivity contribution in [1.82, 2.24) is 4.90 Å². The van der Waals surface area contributed by atoms with E-state index in [0.29, 0.717) is 11.8 Å². The molecule has 0 N–H and O–H groups in total. The molecule has 2 rings (SSSR count). The monoisotopic (exact) mass is 195 g/mol. The van der Waals surface area contributed by atoms with Gasteiger partial charge in [-0.3, -0.25) is 9.69 Å². The lowest BCUT2D eigenvalue weighted by atomic mass is 9.93. The molecule has 2 heteroatoms. The molecule has 1 aliphatic carbocycles. The Morgan fingerprint density at radius 2 is 2.21 bits per heavy atom. The Kier molecular flexibility index (Phi) is 2.91. The Morgan fingerprint density at radius 1 is 1.43 bits per heavy atom. The number of Topliss-reactive ketones (excluding diaryl/α,β-unsaturated/α-hetero) is 1. The molecule has 1 aliphatic heterocycles. The highest BCUT2D eigenvalue weighted by Gasteiger charge is 2.37. The number of ketones is 1. The highest BCUT2D eigenvalue weighted by molar-refractivity contribution is 5.82. The maximum Gasteiger partial charge on any atom is 0.148 e. The van der Waals surface area contributed by atoms with Gasteiger partial charge in [0.05, 0.1) is 6.54 Å². The molecular formula is C12H21NO. The van der Waals surface area contributed by atoms with Crippen molar-refractivity contribution in [2.45, 2.75) is 45.6 Å². The Labute approximate surface area is 86.7 Å². The third kappa shape index (κ3) is 1.72. The topological polar surface area (TPSA) is 20.3 Å². The van der Waals surface area contributed by atoms with Gasteiger partial charge in [0.25, 0.3) is 0 Å². The minimum absolute atomic E-state index is 0.442. The number of nitrogens with zero attached hydrogens (tertiary/aromatic N) is 1. The summed E-state index contributed by atoms with van der Waals surface area (Å²) in [5.74, 6) is 2.14. The number of rotatable bonds is 2. The Morgan fingerprint density at radius 3 is 2.71 bits per heavy atom. The van der Waals surface area contributed by atoms with E-state index in [1.54, 1.807) is 0 Å². The summed E-state index contributed by atoms with van der Waals surface area (Å²) < 4.78 is 0. The second kappa shape index (κ2) is 4.01. The molecule has 0 spiro atoms. The zero-order valence-corrected chi connectivity index (χ0v) is 9.33. The van der Waals surface area contributed by atoms with Gasteiger partial charge in [0, 0.05) is 19.0 Å². The smallest absolute Gasteiger partial charge is 0.148 e. The van der Waals surface area contributed by atoms with Gasteiger partial charge in [-0.2, -0.15) is 0 Å². The molecule has 1 saturated carbocycles. The van der Waals surface area contributed by atoms with Crippen LogP contribution in [-0.2, 0) is 4.79 Å². The normalized spacial score (nSPS) is 39.6. The van der Waals surface area contributed by atoms with Crippen molar-refractivity contribution in [2.75, 3.05) is 13.1 Å². The fraction of sp³-hybridized carbons (Fsp3) is 0.917. The number of carbonyl (C=O) groups excluding carboxylic acids is 1. The summed E-state index contributed by atoms with van der Waals surface area (Å²) in [6.45, 7) is 6.41. The Hall–Kier alpha value is -0.370.